The van der Waals surface area contributed by atoms with Gasteiger partial charge >= 0.3 is 0 Å². The number of hydrogen-bond acceptors (Lipinski definition) is 2. The Labute approximate surface area is 232 Å². The molecule has 1 saturated heterocycles. The summed E-state index contributed by atoms with van der Waals surface area (Å²) in [5, 5.41) is 0. The SMILES string of the molecule is C=CCCC1CCC(C2CCC(c3ccc(-c4ccc(-c5ccc(OCC)c(F)c5F)cc4)cc3)CC2)OC1. The molecule has 3 aromatic carbocycles. The zero-order chi connectivity index (χ0) is 27.2. The molecule has 1 aliphatic heterocycles. The van der Waals surface area contributed by atoms with E-state index in [-0.39, 0.29) is 17.9 Å². The Hall–Kier alpha value is -2.98. The Morgan fingerprint density at radius 1 is 0.821 bits per heavy atom. The van der Waals surface area contributed by atoms with Crippen LogP contribution in [0, 0.1) is 23.5 Å². The molecule has 0 radical (unpaired) electrons. The summed E-state index contributed by atoms with van der Waals surface area (Å²) in [6.45, 7) is 6.80. The third-order valence-corrected chi connectivity index (χ3v) is 8.74. The standard InChI is InChI=1S/C35H40F2O2/c1-3-5-6-24-7-21-32(39-23-24)30-18-14-28(15-19-30)26-10-8-25(9-11-26)27-12-16-29(17-13-27)31-20-22-33(38-4-2)35(37)34(31)36/h3,8-13,16-17,20,22,24,28,30,32H,1,4-7,14-15,18-19,21,23H2,2H3. The molecule has 0 spiro atoms. The predicted octanol–water partition coefficient (Wildman–Crippen LogP) is 9.73. The molecule has 39 heavy (non-hydrogen) atoms. The molecule has 2 unspecified atom stereocenters. The average molecular weight is 531 g/mol. The van der Waals surface area contributed by atoms with Crippen molar-refractivity contribution < 1.29 is 18.3 Å². The van der Waals surface area contributed by atoms with Crippen molar-refractivity contribution in [2.75, 3.05) is 13.2 Å². The van der Waals surface area contributed by atoms with E-state index in [0.29, 0.717) is 29.4 Å². The van der Waals surface area contributed by atoms with E-state index in [9.17, 15) is 8.78 Å². The fraction of sp³-hybridized carbons (Fsp3) is 0.429. The van der Waals surface area contributed by atoms with E-state index in [4.69, 9.17) is 9.47 Å². The van der Waals surface area contributed by atoms with Gasteiger partial charge in [-0.25, -0.2) is 4.39 Å². The monoisotopic (exact) mass is 530 g/mol. The van der Waals surface area contributed by atoms with Gasteiger partial charge in [-0.05, 0) is 110 Å². The zero-order valence-electron chi connectivity index (χ0n) is 23.0. The highest BCUT2D eigenvalue weighted by molar-refractivity contribution is 5.71. The molecule has 0 bridgehead atoms. The van der Waals surface area contributed by atoms with E-state index < -0.39 is 11.6 Å². The van der Waals surface area contributed by atoms with Crippen molar-refractivity contribution in [2.24, 2.45) is 11.8 Å². The lowest BCUT2D eigenvalue weighted by atomic mass is 9.75. The number of allylic oxidation sites excluding steroid dienone is 1. The van der Waals surface area contributed by atoms with Gasteiger partial charge in [-0.3, -0.25) is 0 Å². The van der Waals surface area contributed by atoms with E-state index in [1.165, 1.54) is 56.6 Å². The molecule has 1 heterocycles. The number of benzene rings is 3. The normalized spacial score (nSPS) is 23.4. The molecule has 3 aromatic rings. The molecular weight excluding hydrogens is 490 g/mol. The molecule has 1 aliphatic carbocycles. The highest BCUT2D eigenvalue weighted by Gasteiger charge is 2.32. The van der Waals surface area contributed by atoms with Crippen molar-refractivity contribution in [1.82, 2.24) is 0 Å². The molecule has 0 N–H and O–H groups in total. The molecule has 2 nitrogen and oxygen atoms in total. The molecule has 206 valence electrons. The molecule has 2 aliphatic rings. The van der Waals surface area contributed by atoms with Crippen molar-refractivity contribution in [2.45, 2.75) is 70.3 Å². The van der Waals surface area contributed by atoms with Gasteiger partial charge in [-0.1, -0.05) is 54.6 Å². The number of halogens is 2. The van der Waals surface area contributed by atoms with Gasteiger partial charge in [0.05, 0.1) is 12.7 Å². The molecule has 4 heteroatoms. The van der Waals surface area contributed by atoms with Crippen LogP contribution in [0.5, 0.6) is 5.75 Å². The summed E-state index contributed by atoms with van der Waals surface area (Å²) in [6, 6.07) is 19.6. The summed E-state index contributed by atoms with van der Waals surface area (Å²) in [6.07, 6.45) is 12.2. The minimum atomic E-state index is -0.942. The Balaban J connectivity index is 1.16. The van der Waals surface area contributed by atoms with Crippen LogP contribution in [-0.4, -0.2) is 19.3 Å². The van der Waals surface area contributed by atoms with Crippen LogP contribution in [0.15, 0.2) is 73.3 Å². The first kappa shape index (κ1) is 27.6. The first-order chi connectivity index (χ1) is 19.1. The Bertz CT molecular complexity index is 1220. The fourth-order valence-corrected chi connectivity index (χ4v) is 6.42. The molecule has 2 fully saturated rings. The second kappa shape index (κ2) is 12.9. The van der Waals surface area contributed by atoms with Crippen LogP contribution >= 0.6 is 0 Å². The third kappa shape index (κ3) is 6.44. The quantitative estimate of drug-likeness (QED) is 0.256. The lowest BCUT2D eigenvalue weighted by molar-refractivity contribution is -0.0572. The maximum absolute atomic E-state index is 14.6. The molecule has 2 atom stereocenters. The summed E-state index contributed by atoms with van der Waals surface area (Å²) >= 11 is 0. The lowest BCUT2D eigenvalue weighted by Crippen LogP contribution is -2.34. The summed E-state index contributed by atoms with van der Waals surface area (Å²) in [5.41, 5.74) is 4.47. The maximum atomic E-state index is 14.6. The molecule has 5 rings (SSSR count). The van der Waals surface area contributed by atoms with Gasteiger partial charge in [0, 0.05) is 12.2 Å². The van der Waals surface area contributed by atoms with E-state index in [2.05, 4.69) is 30.8 Å². The Kier molecular flexibility index (Phi) is 9.13. The minimum absolute atomic E-state index is 0.0562. The van der Waals surface area contributed by atoms with Gasteiger partial charge in [0.1, 0.15) is 0 Å². The summed E-state index contributed by atoms with van der Waals surface area (Å²) < 4.78 is 40.4. The van der Waals surface area contributed by atoms with E-state index in [0.717, 1.165) is 24.2 Å². The first-order valence-electron chi connectivity index (χ1n) is 14.6. The van der Waals surface area contributed by atoms with Crippen molar-refractivity contribution in [1.29, 1.82) is 0 Å². The first-order valence-corrected chi connectivity index (χ1v) is 14.6. The topological polar surface area (TPSA) is 18.5 Å². The van der Waals surface area contributed by atoms with E-state index >= 15 is 0 Å². The highest BCUT2D eigenvalue weighted by atomic mass is 19.2. The number of rotatable bonds is 9. The third-order valence-electron chi connectivity index (χ3n) is 8.74. The van der Waals surface area contributed by atoms with Gasteiger partial charge in [0.2, 0.25) is 5.82 Å². The van der Waals surface area contributed by atoms with Crippen molar-refractivity contribution in [3.8, 4) is 28.0 Å². The maximum Gasteiger partial charge on any atom is 0.201 e. The Morgan fingerprint density at radius 3 is 2.10 bits per heavy atom. The van der Waals surface area contributed by atoms with Crippen molar-refractivity contribution >= 4 is 0 Å². The smallest absolute Gasteiger partial charge is 0.201 e. The van der Waals surface area contributed by atoms with Crippen LogP contribution < -0.4 is 4.74 Å². The van der Waals surface area contributed by atoms with Gasteiger partial charge in [-0.2, -0.15) is 4.39 Å². The van der Waals surface area contributed by atoms with Gasteiger partial charge < -0.3 is 9.47 Å². The minimum Gasteiger partial charge on any atom is -0.491 e. The Morgan fingerprint density at radius 2 is 1.49 bits per heavy atom. The van der Waals surface area contributed by atoms with Crippen LogP contribution in [0.2, 0.25) is 0 Å². The van der Waals surface area contributed by atoms with Crippen LogP contribution in [0.25, 0.3) is 22.3 Å². The van der Waals surface area contributed by atoms with E-state index in [1.807, 2.05) is 30.3 Å². The zero-order valence-corrected chi connectivity index (χ0v) is 23.0. The predicted molar refractivity (Wildman–Crippen MR) is 155 cm³/mol. The van der Waals surface area contributed by atoms with Crippen LogP contribution in [0.1, 0.15) is 69.8 Å². The lowest BCUT2D eigenvalue weighted by Gasteiger charge is -2.38. The second-order valence-corrected chi connectivity index (χ2v) is 11.2. The van der Waals surface area contributed by atoms with Crippen LogP contribution in [-0.2, 0) is 4.74 Å². The summed E-state index contributed by atoms with van der Waals surface area (Å²) in [5.74, 6) is 0.144. The van der Waals surface area contributed by atoms with Crippen LogP contribution in [0.3, 0.4) is 0 Å². The summed E-state index contributed by atoms with van der Waals surface area (Å²) in [7, 11) is 0. The largest absolute Gasteiger partial charge is 0.491 e. The van der Waals surface area contributed by atoms with Crippen molar-refractivity contribution in [3.63, 3.8) is 0 Å². The van der Waals surface area contributed by atoms with Gasteiger partial charge in [-0.15, -0.1) is 6.58 Å². The van der Waals surface area contributed by atoms with Crippen molar-refractivity contribution in [3.05, 3.63) is 90.5 Å². The highest BCUT2D eigenvalue weighted by Crippen LogP contribution is 2.41. The second-order valence-electron chi connectivity index (χ2n) is 11.2. The average Bonchev–Trinajstić information content (AvgIpc) is 2.99. The van der Waals surface area contributed by atoms with Crippen LogP contribution in [0.4, 0.5) is 8.78 Å². The molecule has 0 aromatic heterocycles. The number of hydrogen-bond donors (Lipinski definition) is 0. The summed E-state index contributed by atoms with van der Waals surface area (Å²) in [4.78, 5) is 0. The fourth-order valence-electron chi connectivity index (χ4n) is 6.42. The molecule has 0 amide bonds. The molecular formula is C35H40F2O2. The van der Waals surface area contributed by atoms with Gasteiger partial charge in [0.25, 0.3) is 0 Å². The number of ether oxygens (including phenoxy) is 2. The van der Waals surface area contributed by atoms with E-state index in [1.54, 1.807) is 13.0 Å². The molecule has 1 saturated carbocycles. The van der Waals surface area contributed by atoms with Gasteiger partial charge in [0.15, 0.2) is 11.6 Å².